The molecule has 0 radical (unpaired) electrons. The highest BCUT2D eigenvalue weighted by molar-refractivity contribution is 8.14. The maximum absolute atomic E-state index is 11.6. The second kappa shape index (κ2) is 6.10. The van der Waals surface area contributed by atoms with Crippen molar-refractivity contribution >= 4 is 28.5 Å². The Morgan fingerprint density at radius 1 is 1.43 bits per heavy atom. The van der Waals surface area contributed by atoms with Crippen LogP contribution in [-0.4, -0.2) is 16.7 Å². The van der Waals surface area contributed by atoms with Crippen molar-refractivity contribution < 1.29 is 4.79 Å². The third-order valence-electron chi connectivity index (χ3n) is 1.77. The van der Waals surface area contributed by atoms with E-state index in [1.54, 1.807) is 0 Å². The van der Waals surface area contributed by atoms with E-state index in [2.05, 4.69) is 0 Å². The van der Waals surface area contributed by atoms with Gasteiger partial charge < -0.3 is 0 Å². The highest BCUT2D eigenvalue weighted by Crippen LogP contribution is 2.15. The predicted octanol–water partition coefficient (Wildman–Crippen LogP) is 3.43. The lowest BCUT2D eigenvalue weighted by molar-refractivity contribution is 0.108. The minimum Gasteiger partial charge on any atom is -0.282 e. The van der Waals surface area contributed by atoms with Crippen LogP contribution in [0.1, 0.15) is 17.3 Å². The molecule has 1 nitrogen and oxygen atoms in total. The average molecular weight is 229 g/mol. The summed E-state index contributed by atoms with van der Waals surface area (Å²) in [6.45, 7) is 2.04. The molecule has 14 heavy (non-hydrogen) atoms. The van der Waals surface area contributed by atoms with E-state index in [1.807, 2.05) is 37.3 Å². The first-order valence-corrected chi connectivity index (χ1v) is 6.04. The fourth-order valence-corrected chi connectivity index (χ4v) is 2.02. The smallest absolute Gasteiger partial charge is 0.219 e. The van der Waals surface area contributed by atoms with E-state index < -0.39 is 0 Å². The Kier molecular flexibility index (Phi) is 5.05. The van der Waals surface area contributed by atoms with Gasteiger partial charge in [-0.05, 0) is 5.92 Å². The molecular formula is C11H13ClOS. The molecule has 0 saturated carbocycles. The number of alkyl halides is 1. The first-order valence-electron chi connectivity index (χ1n) is 4.52. The SMILES string of the molecule is C[C@H](CCl)CSC(=O)c1ccccc1. The van der Waals surface area contributed by atoms with E-state index in [0.29, 0.717) is 11.8 Å². The van der Waals surface area contributed by atoms with Gasteiger partial charge in [0.05, 0.1) is 0 Å². The predicted molar refractivity (Wildman–Crippen MR) is 63.1 cm³/mol. The normalized spacial score (nSPS) is 12.4. The third kappa shape index (κ3) is 3.72. The standard InChI is InChI=1S/C11H13ClOS/c1-9(7-12)8-14-11(13)10-5-3-2-4-6-10/h2-6,9H,7-8H2,1H3/t9-/m1/s1. The monoisotopic (exact) mass is 228 g/mol. The van der Waals surface area contributed by atoms with Gasteiger partial charge in [0, 0.05) is 17.2 Å². The Morgan fingerprint density at radius 2 is 2.07 bits per heavy atom. The minimum atomic E-state index is 0.127. The van der Waals surface area contributed by atoms with Gasteiger partial charge in [-0.2, -0.15) is 0 Å². The summed E-state index contributed by atoms with van der Waals surface area (Å²) in [5.74, 6) is 1.78. The molecule has 0 unspecified atom stereocenters. The number of carbonyl (C=O) groups excluding carboxylic acids is 1. The van der Waals surface area contributed by atoms with E-state index in [1.165, 1.54) is 11.8 Å². The van der Waals surface area contributed by atoms with Crippen LogP contribution >= 0.6 is 23.4 Å². The number of benzene rings is 1. The molecule has 0 aliphatic carbocycles. The number of hydrogen-bond donors (Lipinski definition) is 0. The van der Waals surface area contributed by atoms with Crippen molar-refractivity contribution in [3.63, 3.8) is 0 Å². The van der Waals surface area contributed by atoms with Gasteiger partial charge in [-0.1, -0.05) is 49.0 Å². The highest BCUT2D eigenvalue weighted by Gasteiger charge is 2.08. The van der Waals surface area contributed by atoms with Gasteiger partial charge in [-0.25, -0.2) is 0 Å². The lowest BCUT2D eigenvalue weighted by Gasteiger charge is -2.05. The molecule has 0 saturated heterocycles. The second-order valence-corrected chi connectivity index (χ2v) is 4.53. The number of thioether (sulfide) groups is 1. The highest BCUT2D eigenvalue weighted by atomic mass is 35.5. The molecule has 0 aliphatic rings. The summed E-state index contributed by atoms with van der Waals surface area (Å²) in [4.78, 5) is 11.6. The van der Waals surface area contributed by atoms with Crippen LogP contribution in [0.3, 0.4) is 0 Å². The Bertz CT molecular complexity index is 287. The van der Waals surface area contributed by atoms with Crippen LogP contribution in [0.2, 0.25) is 0 Å². The van der Waals surface area contributed by atoms with Crippen molar-refractivity contribution in [1.82, 2.24) is 0 Å². The van der Waals surface area contributed by atoms with Crippen LogP contribution in [0.4, 0.5) is 0 Å². The zero-order valence-electron chi connectivity index (χ0n) is 8.07. The molecule has 0 bridgehead atoms. The molecule has 0 spiro atoms. The molecule has 1 atom stereocenters. The zero-order chi connectivity index (χ0) is 10.4. The van der Waals surface area contributed by atoms with E-state index in [0.717, 1.165) is 11.3 Å². The molecule has 1 aromatic rings. The van der Waals surface area contributed by atoms with Gasteiger partial charge in [0.1, 0.15) is 0 Å². The first kappa shape index (κ1) is 11.6. The van der Waals surface area contributed by atoms with E-state index in [-0.39, 0.29) is 5.12 Å². The molecule has 0 amide bonds. The summed E-state index contributed by atoms with van der Waals surface area (Å²) in [7, 11) is 0. The molecule has 0 fully saturated rings. The van der Waals surface area contributed by atoms with E-state index in [4.69, 9.17) is 11.6 Å². The maximum atomic E-state index is 11.6. The Labute approximate surface area is 93.8 Å². The molecule has 76 valence electrons. The van der Waals surface area contributed by atoms with E-state index >= 15 is 0 Å². The van der Waals surface area contributed by atoms with Gasteiger partial charge in [0.15, 0.2) is 0 Å². The van der Waals surface area contributed by atoms with Gasteiger partial charge >= 0.3 is 0 Å². The molecule has 1 rings (SSSR count). The Balaban J connectivity index is 2.44. The Hall–Kier alpha value is -0.470. The van der Waals surface area contributed by atoms with Crippen LogP contribution in [0.5, 0.6) is 0 Å². The number of rotatable bonds is 4. The summed E-state index contributed by atoms with van der Waals surface area (Å²) in [5, 5.41) is 0.127. The van der Waals surface area contributed by atoms with Crippen LogP contribution in [0.25, 0.3) is 0 Å². The summed E-state index contributed by atoms with van der Waals surface area (Å²) < 4.78 is 0. The van der Waals surface area contributed by atoms with Gasteiger partial charge in [0.25, 0.3) is 0 Å². The Morgan fingerprint density at radius 3 is 2.64 bits per heavy atom. The van der Waals surface area contributed by atoms with Crippen LogP contribution in [0.15, 0.2) is 30.3 Å². The number of halogens is 1. The summed E-state index contributed by atoms with van der Waals surface area (Å²) in [5.41, 5.74) is 0.763. The van der Waals surface area contributed by atoms with Crippen molar-refractivity contribution in [1.29, 1.82) is 0 Å². The van der Waals surface area contributed by atoms with Gasteiger partial charge in [-0.3, -0.25) is 4.79 Å². The second-order valence-electron chi connectivity index (χ2n) is 3.22. The van der Waals surface area contributed by atoms with Crippen LogP contribution < -0.4 is 0 Å². The summed E-state index contributed by atoms with van der Waals surface area (Å²) >= 11 is 7.00. The fourth-order valence-electron chi connectivity index (χ4n) is 0.920. The molecule has 0 N–H and O–H groups in total. The molecule has 1 aromatic carbocycles. The van der Waals surface area contributed by atoms with Crippen molar-refractivity contribution in [2.24, 2.45) is 5.92 Å². The molecule has 0 aromatic heterocycles. The van der Waals surface area contributed by atoms with Crippen molar-refractivity contribution in [3.8, 4) is 0 Å². The summed E-state index contributed by atoms with van der Waals surface area (Å²) in [6.07, 6.45) is 0. The summed E-state index contributed by atoms with van der Waals surface area (Å²) in [6, 6.07) is 9.32. The quantitative estimate of drug-likeness (QED) is 0.735. The topological polar surface area (TPSA) is 17.1 Å². The lowest BCUT2D eigenvalue weighted by Crippen LogP contribution is -2.03. The average Bonchev–Trinajstić information content (AvgIpc) is 2.26. The maximum Gasteiger partial charge on any atom is 0.219 e. The first-order chi connectivity index (χ1) is 6.74. The van der Waals surface area contributed by atoms with Gasteiger partial charge in [-0.15, -0.1) is 11.6 Å². The van der Waals surface area contributed by atoms with Crippen molar-refractivity contribution in [2.75, 3.05) is 11.6 Å². The molecule has 0 aliphatic heterocycles. The largest absolute Gasteiger partial charge is 0.282 e. The van der Waals surface area contributed by atoms with Crippen LogP contribution in [-0.2, 0) is 0 Å². The van der Waals surface area contributed by atoms with Gasteiger partial charge in [0.2, 0.25) is 5.12 Å². The van der Waals surface area contributed by atoms with Crippen molar-refractivity contribution in [3.05, 3.63) is 35.9 Å². The lowest BCUT2D eigenvalue weighted by atomic mass is 10.2. The fraction of sp³-hybridized carbons (Fsp3) is 0.364. The van der Waals surface area contributed by atoms with E-state index in [9.17, 15) is 4.79 Å². The van der Waals surface area contributed by atoms with Crippen molar-refractivity contribution in [2.45, 2.75) is 6.92 Å². The molecule has 0 heterocycles. The molecule has 3 heteroatoms. The zero-order valence-corrected chi connectivity index (χ0v) is 9.65. The molecular weight excluding hydrogens is 216 g/mol. The minimum absolute atomic E-state index is 0.127. The number of carbonyl (C=O) groups is 1. The third-order valence-corrected chi connectivity index (χ3v) is 3.53. The number of hydrogen-bond acceptors (Lipinski definition) is 2. The van der Waals surface area contributed by atoms with Crippen LogP contribution in [0, 0.1) is 5.92 Å².